The second kappa shape index (κ2) is 6.03. The van der Waals surface area contributed by atoms with Crippen LogP contribution in [0.25, 0.3) is 11.5 Å². The molecular formula is C18H20F2N4O2. The van der Waals surface area contributed by atoms with Crippen molar-refractivity contribution in [3.8, 4) is 11.5 Å². The van der Waals surface area contributed by atoms with E-state index in [0.29, 0.717) is 25.3 Å². The highest BCUT2D eigenvalue weighted by atomic mass is 19.3. The van der Waals surface area contributed by atoms with E-state index in [9.17, 15) is 13.6 Å². The first-order chi connectivity index (χ1) is 12.4. The number of hydrogen-bond acceptors (Lipinski definition) is 5. The summed E-state index contributed by atoms with van der Waals surface area (Å²) in [7, 11) is 0. The van der Waals surface area contributed by atoms with E-state index in [1.54, 1.807) is 6.92 Å². The van der Waals surface area contributed by atoms with Gasteiger partial charge in [0.15, 0.2) is 0 Å². The lowest BCUT2D eigenvalue weighted by Crippen LogP contribution is -2.53. The van der Waals surface area contributed by atoms with Crippen LogP contribution in [0.4, 0.5) is 14.8 Å². The van der Waals surface area contributed by atoms with E-state index < -0.39 is 17.4 Å². The van der Waals surface area contributed by atoms with Gasteiger partial charge < -0.3 is 14.6 Å². The summed E-state index contributed by atoms with van der Waals surface area (Å²) in [5.74, 6) is -2.54. The minimum Gasteiger partial charge on any atom is -0.403 e. The molecule has 4 rings (SSSR count). The van der Waals surface area contributed by atoms with Crippen molar-refractivity contribution in [2.24, 2.45) is 5.41 Å². The molecule has 1 aliphatic heterocycles. The zero-order valence-corrected chi connectivity index (χ0v) is 14.4. The van der Waals surface area contributed by atoms with E-state index in [2.05, 4.69) is 15.5 Å². The maximum Gasteiger partial charge on any atom is 0.316 e. The molecule has 1 spiro atoms. The van der Waals surface area contributed by atoms with Crippen molar-refractivity contribution in [3.63, 3.8) is 0 Å². The molecule has 1 amide bonds. The van der Waals surface area contributed by atoms with Crippen LogP contribution >= 0.6 is 0 Å². The molecule has 0 radical (unpaired) electrons. The van der Waals surface area contributed by atoms with Crippen LogP contribution in [0.3, 0.4) is 0 Å². The summed E-state index contributed by atoms with van der Waals surface area (Å²) in [5.41, 5.74) is -0.242. The van der Waals surface area contributed by atoms with Crippen LogP contribution in [0.1, 0.15) is 26.2 Å². The molecule has 1 N–H and O–H groups in total. The highest BCUT2D eigenvalue weighted by molar-refractivity contribution is 5.84. The number of amides is 1. The van der Waals surface area contributed by atoms with Crippen LogP contribution in [0.15, 0.2) is 34.7 Å². The van der Waals surface area contributed by atoms with Gasteiger partial charge in [0.25, 0.3) is 5.92 Å². The van der Waals surface area contributed by atoms with Crippen LogP contribution in [0.2, 0.25) is 0 Å². The van der Waals surface area contributed by atoms with Crippen molar-refractivity contribution in [1.82, 2.24) is 15.1 Å². The van der Waals surface area contributed by atoms with E-state index >= 15 is 0 Å². The average Bonchev–Trinajstić information content (AvgIpc) is 3.29. The first kappa shape index (κ1) is 16.9. The largest absolute Gasteiger partial charge is 0.403 e. The van der Waals surface area contributed by atoms with Crippen molar-refractivity contribution in [3.05, 3.63) is 30.3 Å². The molecule has 1 aliphatic carbocycles. The molecule has 0 bridgehead atoms. The molecule has 2 aliphatic rings. The molecule has 1 aromatic heterocycles. The predicted molar refractivity (Wildman–Crippen MR) is 90.6 cm³/mol. The van der Waals surface area contributed by atoms with Crippen molar-refractivity contribution in [2.45, 2.75) is 38.2 Å². The Morgan fingerprint density at radius 3 is 2.62 bits per heavy atom. The lowest BCUT2D eigenvalue weighted by Gasteiger charge is -2.46. The van der Waals surface area contributed by atoms with Crippen LogP contribution in [-0.2, 0) is 4.79 Å². The Balaban J connectivity index is 1.39. The predicted octanol–water partition coefficient (Wildman–Crippen LogP) is 3.18. The summed E-state index contributed by atoms with van der Waals surface area (Å²) in [6, 6.07) is 8.78. The Labute approximate surface area is 149 Å². The van der Waals surface area contributed by atoms with Gasteiger partial charge in [-0.25, -0.2) is 8.78 Å². The monoisotopic (exact) mass is 362 g/mol. The second-order valence-electron chi connectivity index (χ2n) is 7.14. The molecule has 26 heavy (non-hydrogen) atoms. The van der Waals surface area contributed by atoms with Crippen LogP contribution in [-0.4, -0.2) is 46.1 Å². The maximum atomic E-state index is 13.9. The molecule has 0 unspecified atom stereocenters. The van der Waals surface area contributed by atoms with Gasteiger partial charge >= 0.3 is 6.01 Å². The van der Waals surface area contributed by atoms with Crippen molar-refractivity contribution >= 4 is 11.9 Å². The Hall–Kier alpha value is -2.51. The summed E-state index contributed by atoms with van der Waals surface area (Å²) >= 11 is 0. The summed E-state index contributed by atoms with van der Waals surface area (Å²) in [4.78, 5) is 14.1. The van der Waals surface area contributed by atoms with Crippen LogP contribution in [0, 0.1) is 5.41 Å². The minimum absolute atomic E-state index is 0.0763. The number of nitrogens with zero attached hydrogens (tertiary/aromatic N) is 3. The number of halogens is 2. The first-order valence-electron chi connectivity index (χ1n) is 8.72. The molecular weight excluding hydrogens is 342 g/mol. The molecule has 1 aromatic carbocycles. The van der Waals surface area contributed by atoms with Gasteiger partial charge in [0.1, 0.15) is 6.04 Å². The van der Waals surface area contributed by atoms with Gasteiger partial charge in [-0.05, 0) is 31.9 Å². The quantitative estimate of drug-likeness (QED) is 0.904. The molecule has 1 saturated heterocycles. The van der Waals surface area contributed by atoms with Crippen molar-refractivity contribution < 1.29 is 18.0 Å². The lowest BCUT2D eigenvalue weighted by molar-refractivity contribution is -0.195. The second-order valence-corrected chi connectivity index (χ2v) is 7.14. The van der Waals surface area contributed by atoms with Crippen molar-refractivity contribution in [2.75, 3.05) is 18.4 Å². The van der Waals surface area contributed by atoms with E-state index in [-0.39, 0.29) is 24.9 Å². The fraction of sp³-hybridized carbons (Fsp3) is 0.500. The maximum absolute atomic E-state index is 13.9. The zero-order chi connectivity index (χ0) is 18.4. The SMILES string of the molecule is C[C@@H](Nc1nnc(-c2ccccc2)o1)C(=O)N1CC[C@@]2(CCC2(F)F)C1. The van der Waals surface area contributed by atoms with Crippen LogP contribution < -0.4 is 5.32 Å². The van der Waals surface area contributed by atoms with E-state index in [0.717, 1.165) is 5.56 Å². The number of alkyl halides is 2. The van der Waals surface area contributed by atoms with Gasteiger partial charge in [-0.1, -0.05) is 23.3 Å². The third-order valence-corrected chi connectivity index (χ3v) is 5.52. The highest BCUT2D eigenvalue weighted by Crippen LogP contribution is 2.58. The highest BCUT2D eigenvalue weighted by Gasteiger charge is 2.64. The van der Waals surface area contributed by atoms with Gasteiger partial charge in [-0.2, -0.15) is 0 Å². The average molecular weight is 362 g/mol. The van der Waals surface area contributed by atoms with Crippen molar-refractivity contribution in [1.29, 1.82) is 0 Å². The molecule has 2 heterocycles. The fourth-order valence-corrected chi connectivity index (χ4v) is 3.73. The van der Waals surface area contributed by atoms with E-state index in [1.807, 2.05) is 30.3 Å². The summed E-state index contributed by atoms with van der Waals surface area (Å²) in [6.07, 6.45) is 0.764. The summed E-state index contributed by atoms with van der Waals surface area (Å²) < 4.78 is 33.3. The number of carbonyl (C=O) groups is 1. The zero-order valence-electron chi connectivity index (χ0n) is 14.4. The number of likely N-dealkylation sites (tertiary alicyclic amines) is 1. The Bertz CT molecular complexity index is 811. The molecule has 2 atom stereocenters. The van der Waals surface area contributed by atoms with Gasteiger partial charge in [-0.15, -0.1) is 5.10 Å². The fourth-order valence-electron chi connectivity index (χ4n) is 3.73. The summed E-state index contributed by atoms with van der Waals surface area (Å²) in [6.45, 7) is 2.14. The van der Waals surface area contributed by atoms with E-state index in [4.69, 9.17) is 4.42 Å². The van der Waals surface area contributed by atoms with Gasteiger partial charge in [0.05, 0.1) is 5.41 Å². The molecule has 138 valence electrons. The standard InChI is InChI=1S/C18H20F2N4O2/c1-12(15(25)24-10-9-17(11-24)7-8-18(17,19)20)21-16-23-22-14(26-16)13-5-3-2-4-6-13/h2-6,12H,7-11H2,1H3,(H,21,23)/t12-,17+/m1/s1. The molecule has 8 heteroatoms. The van der Waals surface area contributed by atoms with Gasteiger partial charge in [-0.3, -0.25) is 4.79 Å². The van der Waals surface area contributed by atoms with Gasteiger partial charge in [0.2, 0.25) is 11.8 Å². The minimum atomic E-state index is -2.66. The Morgan fingerprint density at radius 2 is 2.00 bits per heavy atom. The molecule has 6 nitrogen and oxygen atoms in total. The van der Waals surface area contributed by atoms with E-state index in [1.165, 1.54) is 4.90 Å². The molecule has 2 fully saturated rings. The third kappa shape index (κ3) is 2.73. The van der Waals surface area contributed by atoms with Gasteiger partial charge in [0, 0.05) is 25.1 Å². The molecule has 1 saturated carbocycles. The molecule has 2 aromatic rings. The smallest absolute Gasteiger partial charge is 0.316 e. The lowest BCUT2D eigenvalue weighted by atomic mass is 9.64. The topological polar surface area (TPSA) is 71.3 Å². The number of hydrogen-bond donors (Lipinski definition) is 1. The number of anilines is 1. The number of carbonyl (C=O) groups excluding carboxylic acids is 1. The number of nitrogens with one attached hydrogen (secondary N) is 1. The number of benzene rings is 1. The number of rotatable bonds is 4. The summed E-state index contributed by atoms with van der Waals surface area (Å²) in [5, 5.41) is 10.7. The number of aromatic nitrogens is 2. The third-order valence-electron chi connectivity index (χ3n) is 5.52. The van der Waals surface area contributed by atoms with Crippen LogP contribution in [0.5, 0.6) is 0 Å². The Kier molecular flexibility index (Phi) is 3.93. The Morgan fingerprint density at radius 1 is 1.23 bits per heavy atom. The normalized spacial score (nSPS) is 25.1. The first-order valence-corrected chi connectivity index (χ1v) is 8.72.